The fourth-order valence-corrected chi connectivity index (χ4v) is 1.49. The molecule has 0 fully saturated rings. The van der Waals surface area contributed by atoms with Crippen LogP contribution in [0.2, 0.25) is 0 Å². The van der Waals surface area contributed by atoms with Gasteiger partial charge in [-0.1, -0.05) is 11.8 Å². The van der Waals surface area contributed by atoms with Gasteiger partial charge >= 0.3 is 0 Å². The van der Waals surface area contributed by atoms with Gasteiger partial charge in [0.15, 0.2) is 5.12 Å². The van der Waals surface area contributed by atoms with E-state index in [-0.39, 0.29) is 5.12 Å². The van der Waals surface area contributed by atoms with Gasteiger partial charge in [0, 0.05) is 18.7 Å². The number of aromatic nitrogens is 4. The second-order valence-electron chi connectivity index (χ2n) is 2.33. The minimum absolute atomic E-state index is 0.121. The van der Waals surface area contributed by atoms with Crippen molar-refractivity contribution in [3.63, 3.8) is 0 Å². The number of hydrogen-bond acceptors (Lipinski definition) is 6. The average molecular weight is 201 g/mol. The molecule has 0 bridgehead atoms. The molecule has 0 saturated heterocycles. The Morgan fingerprint density at radius 2 is 2.46 bits per heavy atom. The fourth-order valence-electron chi connectivity index (χ4n) is 0.726. The normalized spacial score (nSPS) is 10.2. The van der Waals surface area contributed by atoms with Gasteiger partial charge < -0.3 is 5.73 Å². The molecule has 0 saturated carbocycles. The smallest absolute Gasteiger partial charge is 0.190 e. The van der Waals surface area contributed by atoms with Gasteiger partial charge in [-0.15, -0.1) is 5.10 Å². The lowest BCUT2D eigenvalue weighted by molar-refractivity contribution is -0.110. The number of hydrogen-bond donors (Lipinski definition) is 1. The number of carbonyl (C=O) groups excluding carboxylic acids is 1. The zero-order valence-corrected chi connectivity index (χ0v) is 7.90. The number of nitrogens with two attached hydrogens (primary N) is 1. The third-order valence-electron chi connectivity index (χ3n) is 1.32. The first-order valence-electron chi connectivity index (χ1n) is 3.89. The fraction of sp³-hybridized carbons (Fsp3) is 0.667. The van der Waals surface area contributed by atoms with Gasteiger partial charge in [0.1, 0.15) is 6.33 Å². The van der Waals surface area contributed by atoms with E-state index in [0.717, 1.165) is 0 Å². The molecule has 7 heteroatoms. The predicted octanol–water partition coefficient (Wildman–Crippen LogP) is -0.718. The van der Waals surface area contributed by atoms with Crippen LogP contribution >= 0.6 is 11.8 Å². The maximum atomic E-state index is 11.0. The van der Waals surface area contributed by atoms with Gasteiger partial charge in [0.25, 0.3) is 0 Å². The van der Waals surface area contributed by atoms with Crippen LogP contribution in [0.4, 0.5) is 0 Å². The Labute approximate surface area is 79.9 Å². The number of carbonyl (C=O) groups is 1. The SMILES string of the molecule is NCCC(=O)SCCn1cnnn1. The van der Waals surface area contributed by atoms with Crippen LogP contribution in [-0.4, -0.2) is 37.6 Å². The van der Waals surface area contributed by atoms with Crippen molar-refractivity contribution in [2.75, 3.05) is 12.3 Å². The molecule has 0 spiro atoms. The molecule has 0 aliphatic rings. The number of nitrogens with zero attached hydrogens (tertiary/aromatic N) is 4. The van der Waals surface area contributed by atoms with Crippen LogP contribution < -0.4 is 5.73 Å². The third kappa shape index (κ3) is 4.00. The lowest BCUT2D eigenvalue weighted by Gasteiger charge is -1.98. The van der Waals surface area contributed by atoms with Crippen molar-refractivity contribution in [3.8, 4) is 0 Å². The first-order valence-corrected chi connectivity index (χ1v) is 4.88. The first kappa shape index (κ1) is 10.1. The molecule has 0 amide bonds. The lowest BCUT2D eigenvalue weighted by Crippen LogP contribution is -2.07. The van der Waals surface area contributed by atoms with Crippen molar-refractivity contribution in [3.05, 3.63) is 6.33 Å². The van der Waals surface area contributed by atoms with E-state index in [1.807, 2.05) is 0 Å². The van der Waals surface area contributed by atoms with E-state index in [2.05, 4.69) is 15.5 Å². The van der Waals surface area contributed by atoms with Crippen LogP contribution in [0.1, 0.15) is 6.42 Å². The lowest BCUT2D eigenvalue weighted by atomic mass is 10.5. The third-order valence-corrected chi connectivity index (χ3v) is 2.24. The van der Waals surface area contributed by atoms with E-state index in [4.69, 9.17) is 5.73 Å². The second-order valence-corrected chi connectivity index (χ2v) is 3.48. The van der Waals surface area contributed by atoms with Crippen molar-refractivity contribution in [2.24, 2.45) is 5.73 Å². The standard InChI is InChI=1S/C6H11N5OS/c7-2-1-6(12)13-4-3-11-5-8-9-10-11/h5H,1-4,7H2. The van der Waals surface area contributed by atoms with E-state index in [1.165, 1.54) is 18.1 Å². The Morgan fingerprint density at radius 3 is 3.08 bits per heavy atom. The Hall–Kier alpha value is -0.950. The van der Waals surface area contributed by atoms with Crippen LogP contribution in [-0.2, 0) is 11.3 Å². The van der Waals surface area contributed by atoms with Crippen molar-refractivity contribution in [2.45, 2.75) is 13.0 Å². The van der Waals surface area contributed by atoms with E-state index < -0.39 is 0 Å². The summed E-state index contributed by atoms with van der Waals surface area (Å²) in [5.74, 6) is 0.684. The molecule has 0 atom stereocenters. The van der Waals surface area contributed by atoms with Gasteiger partial charge in [0.2, 0.25) is 0 Å². The van der Waals surface area contributed by atoms with Gasteiger partial charge in [-0.25, -0.2) is 4.68 Å². The maximum absolute atomic E-state index is 11.0. The van der Waals surface area contributed by atoms with Crippen LogP contribution in [0, 0.1) is 0 Å². The van der Waals surface area contributed by atoms with Crippen LogP contribution in [0.15, 0.2) is 6.33 Å². The summed E-state index contributed by atoms with van der Waals surface area (Å²) in [5.41, 5.74) is 5.22. The molecule has 0 aromatic carbocycles. The van der Waals surface area contributed by atoms with Crippen molar-refractivity contribution in [1.82, 2.24) is 20.2 Å². The predicted molar refractivity (Wildman–Crippen MR) is 49.0 cm³/mol. The molecule has 0 aliphatic heterocycles. The molecule has 0 aliphatic carbocycles. The monoisotopic (exact) mass is 201 g/mol. The summed E-state index contributed by atoms with van der Waals surface area (Å²) >= 11 is 1.26. The molecule has 1 rings (SSSR count). The molecule has 0 radical (unpaired) electrons. The Morgan fingerprint density at radius 1 is 1.62 bits per heavy atom. The molecule has 72 valence electrons. The number of rotatable bonds is 5. The van der Waals surface area contributed by atoms with Crippen molar-refractivity contribution >= 4 is 16.9 Å². The quantitative estimate of drug-likeness (QED) is 0.676. The second kappa shape index (κ2) is 5.65. The van der Waals surface area contributed by atoms with Crippen LogP contribution in [0.25, 0.3) is 0 Å². The molecule has 1 aromatic rings. The number of thioether (sulfide) groups is 1. The van der Waals surface area contributed by atoms with Gasteiger partial charge in [-0.05, 0) is 10.4 Å². The number of aryl methyl sites for hydroxylation is 1. The van der Waals surface area contributed by atoms with E-state index >= 15 is 0 Å². The summed E-state index contributed by atoms with van der Waals surface area (Å²) in [5, 5.41) is 10.7. The van der Waals surface area contributed by atoms with E-state index in [0.29, 0.717) is 25.3 Å². The molecule has 0 unspecified atom stereocenters. The van der Waals surface area contributed by atoms with Crippen LogP contribution in [0.3, 0.4) is 0 Å². The topological polar surface area (TPSA) is 86.7 Å². The van der Waals surface area contributed by atoms with Crippen molar-refractivity contribution < 1.29 is 4.79 Å². The molecule has 13 heavy (non-hydrogen) atoms. The largest absolute Gasteiger partial charge is 0.330 e. The molecule has 2 N–H and O–H groups in total. The summed E-state index contributed by atoms with van der Waals surface area (Å²) in [7, 11) is 0. The minimum Gasteiger partial charge on any atom is -0.330 e. The molecule has 6 nitrogen and oxygen atoms in total. The zero-order chi connectivity index (χ0) is 9.52. The Bertz CT molecular complexity index is 250. The van der Waals surface area contributed by atoms with Crippen LogP contribution in [0.5, 0.6) is 0 Å². The molecule has 1 aromatic heterocycles. The highest BCUT2D eigenvalue weighted by molar-refractivity contribution is 8.13. The summed E-state index contributed by atoms with van der Waals surface area (Å²) in [6.45, 7) is 1.06. The first-order chi connectivity index (χ1) is 6.33. The highest BCUT2D eigenvalue weighted by atomic mass is 32.2. The summed E-state index contributed by atoms with van der Waals surface area (Å²) in [4.78, 5) is 11.0. The Kier molecular flexibility index (Phi) is 4.41. The van der Waals surface area contributed by atoms with Gasteiger partial charge in [-0.2, -0.15) is 0 Å². The summed E-state index contributed by atoms with van der Waals surface area (Å²) < 4.78 is 1.59. The van der Waals surface area contributed by atoms with E-state index in [1.54, 1.807) is 4.68 Å². The Balaban J connectivity index is 2.11. The van der Waals surface area contributed by atoms with Gasteiger partial charge in [0.05, 0.1) is 6.54 Å². The van der Waals surface area contributed by atoms with Gasteiger partial charge in [-0.3, -0.25) is 4.79 Å². The summed E-state index contributed by atoms with van der Waals surface area (Å²) in [6, 6.07) is 0. The minimum atomic E-state index is 0.121. The number of tetrazole rings is 1. The highest BCUT2D eigenvalue weighted by Crippen LogP contribution is 2.04. The zero-order valence-electron chi connectivity index (χ0n) is 7.09. The van der Waals surface area contributed by atoms with Crippen molar-refractivity contribution in [1.29, 1.82) is 0 Å². The van der Waals surface area contributed by atoms with E-state index in [9.17, 15) is 4.79 Å². The molecule has 1 heterocycles. The average Bonchev–Trinajstić information content (AvgIpc) is 2.57. The molecular formula is C6H11N5OS. The highest BCUT2D eigenvalue weighted by Gasteiger charge is 2.01. The maximum Gasteiger partial charge on any atom is 0.190 e. The summed E-state index contributed by atoms with van der Waals surface area (Å²) in [6.07, 6.45) is 1.95. The molecular weight excluding hydrogens is 190 g/mol.